The number of nitrogens with one attached hydrogen (secondary N) is 3. The molecular weight excluding hydrogens is 330 g/mol. The number of carbonyl (C=O) groups excluding carboxylic acids is 2. The number of benzene rings is 1. The maximum Gasteiger partial charge on any atom is 0.251 e. The Morgan fingerprint density at radius 1 is 1.27 bits per heavy atom. The van der Waals surface area contributed by atoms with Gasteiger partial charge in [-0.25, -0.2) is 0 Å². The van der Waals surface area contributed by atoms with E-state index in [4.69, 9.17) is 4.74 Å². The summed E-state index contributed by atoms with van der Waals surface area (Å²) in [5.74, 6) is 0.822. The Bertz CT molecular complexity index is 580. The summed E-state index contributed by atoms with van der Waals surface area (Å²) in [6, 6.07) is 6.40. The van der Waals surface area contributed by atoms with Gasteiger partial charge in [0.15, 0.2) is 0 Å². The molecule has 0 radical (unpaired) electrons. The zero-order valence-corrected chi connectivity index (χ0v) is 16.0. The lowest BCUT2D eigenvalue weighted by Gasteiger charge is -2.26. The minimum atomic E-state index is -0.550. The molecule has 0 saturated carbocycles. The molecule has 1 heterocycles. The van der Waals surface area contributed by atoms with Gasteiger partial charge in [-0.1, -0.05) is 13.8 Å². The Kier molecular flexibility index (Phi) is 7.91. The zero-order chi connectivity index (χ0) is 18.9. The summed E-state index contributed by atoms with van der Waals surface area (Å²) in [5.41, 5.74) is 0.517. The Labute approximate surface area is 156 Å². The van der Waals surface area contributed by atoms with Crippen molar-refractivity contribution in [2.45, 2.75) is 39.7 Å². The molecule has 144 valence electrons. The predicted molar refractivity (Wildman–Crippen MR) is 102 cm³/mol. The molecule has 26 heavy (non-hydrogen) atoms. The molecule has 0 aromatic heterocycles. The third-order valence-electron chi connectivity index (χ3n) is 4.63. The predicted octanol–water partition coefficient (Wildman–Crippen LogP) is 1.96. The summed E-state index contributed by atoms with van der Waals surface area (Å²) in [6.45, 7) is 9.00. The van der Waals surface area contributed by atoms with Gasteiger partial charge in [-0.2, -0.15) is 0 Å². The molecule has 6 heteroatoms. The van der Waals surface area contributed by atoms with E-state index in [1.54, 1.807) is 24.3 Å². The first kappa shape index (κ1) is 20.2. The van der Waals surface area contributed by atoms with E-state index in [1.807, 2.05) is 20.8 Å². The second-order valence-electron chi connectivity index (χ2n) is 7.11. The van der Waals surface area contributed by atoms with Gasteiger partial charge in [-0.05, 0) is 69.0 Å². The molecule has 3 N–H and O–H groups in total. The highest BCUT2D eigenvalue weighted by Crippen LogP contribution is 2.13. The monoisotopic (exact) mass is 361 g/mol. The van der Waals surface area contributed by atoms with Crippen LogP contribution < -0.4 is 20.7 Å². The van der Waals surface area contributed by atoms with E-state index < -0.39 is 6.04 Å². The average molecular weight is 361 g/mol. The highest BCUT2D eigenvalue weighted by Gasteiger charge is 2.25. The fraction of sp³-hybridized carbons (Fsp3) is 0.600. The van der Waals surface area contributed by atoms with Gasteiger partial charge in [0.1, 0.15) is 11.8 Å². The van der Waals surface area contributed by atoms with E-state index in [0.29, 0.717) is 24.6 Å². The lowest BCUT2D eigenvalue weighted by atomic mass is 9.98. The summed E-state index contributed by atoms with van der Waals surface area (Å²) in [7, 11) is 0. The highest BCUT2D eigenvalue weighted by atomic mass is 16.5. The van der Waals surface area contributed by atoms with Gasteiger partial charge in [0, 0.05) is 12.1 Å². The average Bonchev–Trinajstić information content (AvgIpc) is 2.65. The van der Waals surface area contributed by atoms with E-state index in [1.165, 1.54) is 0 Å². The first-order chi connectivity index (χ1) is 12.5. The molecule has 2 unspecified atom stereocenters. The van der Waals surface area contributed by atoms with E-state index >= 15 is 0 Å². The second kappa shape index (κ2) is 10.2. The van der Waals surface area contributed by atoms with Gasteiger partial charge in [0.05, 0.1) is 6.61 Å². The Morgan fingerprint density at radius 3 is 2.58 bits per heavy atom. The van der Waals surface area contributed by atoms with E-state index in [9.17, 15) is 9.59 Å². The standard InChI is InChI=1S/C20H31N3O3/c1-4-26-17-9-7-16(8-10-17)19(24)23-18(14(2)3)20(25)22-13-15-6-5-11-21-12-15/h7-10,14-15,18,21H,4-6,11-13H2,1-3H3,(H,22,25)(H,23,24). The van der Waals surface area contributed by atoms with Crippen LogP contribution in [-0.4, -0.2) is 44.1 Å². The molecule has 1 aromatic rings. The van der Waals surface area contributed by atoms with Crippen LogP contribution in [-0.2, 0) is 4.79 Å². The van der Waals surface area contributed by atoms with Crippen molar-refractivity contribution in [2.75, 3.05) is 26.2 Å². The molecule has 6 nitrogen and oxygen atoms in total. The van der Waals surface area contributed by atoms with Gasteiger partial charge in [0.2, 0.25) is 5.91 Å². The molecule has 0 bridgehead atoms. The van der Waals surface area contributed by atoms with Gasteiger partial charge < -0.3 is 20.7 Å². The van der Waals surface area contributed by atoms with Gasteiger partial charge in [-0.15, -0.1) is 0 Å². The van der Waals surface area contributed by atoms with Gasteiger partial charge in [0.25, 0.3) is 5.91 Å². The number of rotatable bonds is 8. The van der Waals surface area contributed by atoms with Crippen molar-refractivity contribution in [2.24, 2.45) is 11.8 Å². The SMILES string of the molecule is CCOc1ccc(C(=O)NC(C(=O)NCC2CCCNC2)C(C)C)cc1. The quantitative estimate of drug-likeness (QED) is 0.661. The molecule has 0 spiro atoms. The largest absolute Gasteiger partial charge is 0.494 e. The maximum absolute atomic E-state index is 12.6. The number of piperidine rings is 1. The molecule has 1 aliphatic heterocycles. The lowest BCUT2D eigenvalue weighted by molar-refractivity contribution is -0.124. The van der Waals surface area contributed by atoms with E-state index in [2.05, 4.69) is 16.0 Å². The van der Waals surface area contributed by atoms with Crippen molar-refractivity contribution < 1.29 is 14.3 Å². The zero-order valence-electron chi connectivity index (χ0n) is 16.0. The summed E-state index contributed by atoms with van der Waals surface area (Å²) >= 11 is 0. The molecule has 1 saturated heterocycles. The first-order valence-corrected chi connectivity index (χ1v) is 9.53. The number of amides is 2. The third kappa shape index (κ3) is 6.02. The van der Waals surface area contributed by atoms with Crippen LogP contribution in [0.2, 0.25) is 0 Å². The minimum absolute atomic E-state index is 0.00567. The minimum Gasteiger partial charge on any atom is -0.494 e. The van der Waals surface area contributed by atoms with Crippen LogP contribution in [0.4, 0.5) is 0 Å². The van der Waals surface area contributed by atoms with Gasteiger partial charge >= 0.3 is 0 Å². The summed E-state index contributed by atoms with van der Waals surface area (Å²) < 4.78 is 5.39. The van der Waals surface area contributed by atoms with Crippen LogP contribution in [0.15, 0.2) is 24.3 Å². The van der Waals surface area contributed by atoms with Crippen molar-refractivity contribution in [3.63, 3.8) is 0 Å². The number of ether oxygens (including phenoxy) is 1. The number of hydrogen-bond donors (Lipinski definition) is 3. The van der Waals surface area contributed by atoms with Crippen molar-refractivity contribution in [1.29, 1.82) is 0 Å². The summed E-state index contributed by atoms with van der Waals surface area (Å²) in [4.78, 5) is 25.1. The molecule has 2 rings (SSSR count). The van der Waals surface area contributed by atoms with Crippen LogP contribution >= 0.6 is 0 Å². The lowest BCUT2D eigenvalue weighted by Crippen LogP contribution is -2.51. The fourth-order valence-corrected chi connectivity index (χ4v) is 3.08. The Morgan fingerprint density at radius 2 is 2.00 bits per heavy atom. The van der Waals surface area contributed by atoms with Gasteiger partial charge in [-0.3, -0.25) is 9.59 Å². The van der Waals surface area contributed by atoms with E-state index in [-0.39, 0.29) is 17.7 Å². The fourth-order valence-electron chi connectivity index (χ4n) is 3.08. The van der Waals surface area contributed by atoms with Crippen LogP contribution in [0.25, 0.3) is 0 Å². The van der Waals surface area contributed by atoms with E-state index in [0.717, 1.165) is 31.7 Å². The second-order valence-corrected chi connectivity index (χ2v) is 7.11. The molecule has 1 fully saturated rings. The van der Waals surface area contributed by atoms with Crippen LogP contribution in [0, 0.1) is 11.8 Å². The summed E-state index contributed by atoms with van der Waals surface area (Å²) in [5, 5.41) is 9.21. The van der Waals surface area contributed by atoms with Crippen molar-refractivity contribution >= 4 is 11.8 Å². The topological polar surface area (TPSA) is 79.5 Å². The van der Waals surface area contributed by atoms with Crippen molar-refractivity contribution in [1.82, 2.24) is 16.0 Å². The molecule has 2 atom stereocenters. The highest BCUT2D eigenvalue weighted by molar-refractivity contribution is 5.97. The Balaban J connectivity index is 1.91. The molecule has 1 aliphatic rings. The van der Waals surface area contributed by atoms with Crippen LogP contribution in [0.3, 0.4) is 0 Å². The molecule has 0 aliphatic carbocycles. The van der Waals surface area contributed by atoms with Crippen molar-refractivity contribution in [3.05, 3.63) is 29.8 Å². The summed E-state index contributed by atoms with van der Waals surface area (Å²) in [6.07, 6.45) is 2.26. The van der Waals surface area contributed by atoms with Crippen LogP contribution in [0.1, 0.15) is 44.0 Å². The first-order valence-electron chi connectivity index (χ1n) is 9.53. The molecular formula is C20H31N3O3. The van der Waals surface area contributed by atoms with Crippen molar-refractivity contribution in [3.8, 4) is 5.75 Å². The maximum atomic E-state index is 12.6. The molecule has 2 amide bonds. The smallest absolute Gasteiger partial charge is 0.251 e. The van der Waals surface area contributed by atoms with Crippen LogP contribution in [0.5, 0.6) is 5.75 Å². The number of carbonyl (C=O) groups is 2. The normalized spacial score (nSPS) is 18.2. The number of hydrogen-bond acceptors (Lipinski definition) is 4. The molecule has 1 aromatic carbocycles. The Hall–Kier alpha value is -2.08. The third-order valence-corrected chi connectivity index (χ3v) is 4.63.